The van der Waals surface area contributed by atoms with Crippen molar-refractivity contribution in [3.05, 3.63) is 65.9 Å². The molecule has 0 spiro atoms. The molecule has 0 radical (unpaired) electrons. The highest BCUT2D eigenvalue weighted by Crippen LogP contribution is 2.26. The number of ether oxygens (including phenoxy) is 3. The molecule has 3 rings (SSSR count). The summed E-state index contributed by atoms with van der Waals surface area (Å²) in [6.07, 6.45) is 1.49. The van der Waals surface area contributed by atoms with Gasteiger partial charge in [-0.2, -0.15) is 4.98 Å². The number of nitrogens with one attached hydrogen (secondary N) is 1. The van der Waals surface area contributed by atoms with Crippen LogP contribution in [0, 0.1) is 18.8 Å². The lowest BCUT2D eigenvalue weighted by Crippen LogP contribution is -2.14. The van der Waals surface area contributed by atoms with E-state index in [0.29, 0.717) is 17.0 Å². The lowest BCUT2D eigenvalue weighted by atomic mass is 10.2. The van der Waals surface area contributed by atoms with Crippen LogP contribution in [-0.4, -0.2) is 39.2 Å². The molecule has 3 aromatic rings. The summed E-state index contributed by atoms with van der Waals surface area (Å²) in [6.45, 7) is 1.90. The fraction of sp³-hybridized carbons (Fsp3) is 0.182. The van der Waals surface area contributed by atoms with E-state index in [9.17, 15) is 8.42 Å². The third-order valence-corrected chi connectivity index (χ3v) is 5.47. The highest BCUT2D eigenvalue weighted by atomic mass is 32.2. The molecule has 0 amide bonds. The molecule has 1 heterocycles. The maximum Gasteiger partial charge on any atom is 0.319 e. The summed E-state index contributed by atoms with van der Waals surface area (Å²) in [5, 5.41) is 0. The molecule has 1 aromatic heterocycles. The SMILES string of the molecule is COc1ncc(C#CCOc2ccccc2NS(=O)(=O)c2ccc(C)cc2)c(OC)n1. The minimum absolute atomic E-state index is 0.0124. The van der Waals surface area contributed by atoms with Crippen LogP contribution in [0.15, 0.2) is 59.6 Å². The summed E-state index contributed by atoms with van der Waals surface area (Å²) in [6, 6.07) is 13.5. The van der Waals surface area contributed by atoms with Gasteiger partial charge in [0.05, 0.1) is 31.0 Å². The van der Waals surface area contributed by atoms with Crippen molar-refractivity contribution >= 4 is 15.7 Å². The van der Waals surface area contributed by atoms with Gasteiger partial charge in [-0.05, 0) is 31.2 Å². The molecule has 0 aliphatic heterocycles. The van der Waals surface area contributed by atoms with Gasteiger partial charge in [0.1, 0.15) is 17.9 Å². The number of methoxy groups -OCH3 is 2. The second-order valence-corrected chi connectivity index (χ2v) is 7.97. The highest BCUT2D eigenvalue weighted by molar-refractivity contribution is 7.92. The Labute approximate surface area is 181 Å². The summed E-state index contributed by atoms with van der Waals surface area (Å²) < 4.78 is 43.7. The maximum absolute atomic E-state index is 12.7. The van der Waals surface area contributed by atoms with Crippen LogP contribution in [-0.2, 0) is 10.0 Å². The number of hydrogen-bond acceptors (Lipinski definition) is 7. The van der Waals surface area contributed by atoms with Gasteiger partial charge < -0.3 is 14.2 Å². The molecule has 31 heavy (non-hydrogen) atoms. The lowest BCUT2D eigenvalue weighted by Gasteiger charge is -2.12. The Hall–Kier alpha value is -3.77. The van der Waals surface area contributed by atoms with Crippen molar-refractivity contribution in [3.8, 4) is 29.5 Å². The van der Waals surface area contributed by atoms with E-state index in [0.717, 1.165) is 5.56 Å². The molecule has 9 heteroatoms. The summed E-state index contributed by atoms with van der Waals surface area (Å²) in [5.41, 5.74) is 1.76. The molecule has 1 N–H and O–H groups in total. The quantitative estimate of drug-likeness (QED) is 0.565. The molecule has 0 aliphatic rings. The second-order valence-electron chi connectivity index (χ2n) is 6.28. The predicted octanol–water partition coefficient (Wildman–Crippen LogP) is 3.03. The number of rotatable bonds is 7. The maximum atomic E-state index is 12.7. The first-order valence-corrected chi connectivity index (χ1v) is 10.7. The van der Waals surface area contributed by atoms with E-state index in [1.54, 1.807) is 48.5 Å². The van der Waals surface area contributed by atoms with Gasteiger partial charge in [-0.1, -0.05) is 41.7 Å². The number of hydrogen-bond donors (Lipinski definition) is 1. The molecule has 0 saturated heterocycles. The van der Waals surface area contributed by atoms with Crippen LogP contribution in [0.3, 0.4) is 0 Å². The van der Waals surface area contributed by atoms with E-state index in [1.807, 2.05) is 6.92 Å². The van der Waals surface area contributed by atoms with Gasteiger partial charge in [-0.3, -0.25) is 4.72 Å². The smallest absolute Gasteiger partial charge is 0.319 e. The Morgan fingerprint density at radius 1 is 1.03 bits per heavy atom. The van der Waals surface area contributed by atoms with Crippen molar-refractivity contribution in [3.63, 3.8) is 0 Å². The fourth-order valence-electron chi connectivity index (χ4n) is 2.53. The topological polar surface area (TPSA) is 99.6 Å². The van der Waals surface area contributed by atoms with Crippen LogP contribution in [0.4, 0.5) is 5.69 Å². The summed E-state index contributed by atoms with van der Waals surface area (Å²) in [5.74, 6) is 6.34. The number of benzene rings is 2. The van der Waals surface area contributed by atoms with Gasteiger partial charge in [-0.15, -0.1) is 0 Å². The van der Waals surface area contributed by atoms with E-state index in [-0.39, 0.29) is 23.4 Å². The second kappa shape index (κ2) is 9.82. The number of para-hydroxylation sites is 2. The van der Waals surface area contributed by atoms with Gasteiger partial charge in [0, 0.05) is 0 Å². The first-order chi connectivity index (χ1) is 14.9. The molecule has 0 aliphatic carbocycles. The summed E-state index contributed by atoms with van der Waals surface area (Å²) in [4.78, 5) is 8.22. The third kappa shape index (κ3) is 5.65. The Bertz CT molecular complexity index is 1220. The Morgan fingerprint density at radius 2 is 1.77 bits per heavy atom. The first-order valence-electron chi connectivity index (χ1n) is 9.18. The molecular formula is C22H21N3O5S. The van der Waals surface area contributed by atoms with Gasteiger partial charge in [-0.25, -0.2) is 13.4 Å². The predicted molar refractivity (Wildman–Crippen MR) is 116 cm³/mol. The molecule has 0 fully saturated rings. The van der Waals surface area contributed by atoms with Crippen molar-refractivity contribution in [2.75, 3.05) is 25.5 Å². The fourth-order valence-corrected chi connectivity index (χ4v) is 3.60. The molecule has 0 bridgehead atoms. The first kappa shape index (κ1) is 21.9. The van der Waals surface area contributed by atoms with Gasteiger partial charge in [0.2, 0.25) is 5.88 Å². The minimum atomic E-state index is -3.75. The molecule has 0 atom stereocenters. The van der Waals surface area contributed by atoms with E-state index >= 15 is 0 Å². The van der Waals surface area contributed by atoms with Crippen LogP contribution in [0.5, 0.6) is 17.6 Å². The normalized spacial score (nSPS) is 10.5. The van der Waals surface area contributed by atoms with Crippen molar-refractivity contribution in [2.45, 2.75) is 11.8 Å². The van der Waals surface area contributed by atoms with Crippen LogP contribution in [0.2, 0.25) is 0 Å². The van der Waals surface area contributed by atoms with Gasteiger partial charge >= 0.3 is 6.01 Å². The minimum Gasteiger partial charge on any atom is -0.480 e. The molecule has 0 unspecified atom stereocenters. The number of anilines is 1. The van der Waals surface area contributed by atoms with Gasteiger partial charge in [0.25, 0.3) is 10.0 Å². The number of nitrogens with zero attached hydrogens (tertiary/aromatic N) is 2. The number of aryl methyl sites for hydroxylation is 1. The van der Waals surface area contributed by atoms with E-state index in [2.05, 4.69) is 26.5 Å². The standard InChI is InChI=1S/C22H21N3O5S/c1-16-10-12-18(13-11-16)31(26,27)25-19-8-4-5-9-20(19)30-14-6-7-17-15-23-22(29-3)24-21(17)28-2/h4-5,8-13,15,25H,14H2,1-3H3. The van der Waals surface area contributed by atoms with Crippen molar-refractivity contribution < 1.29 is 22.6 Å². The molecule has 0 saturated carbocycles. The average Bonchev–Trinajstić information content (AvgIpc) is 2.77. The Kier molecular flexibility index (Phi) is 6.95. The average molecular weight is 439 g/mol. The molecular weight excluding hydrogens is 418 g/mol. The molecule has 2 aromatic carbocycles. The van der Waals surface area contributed by atoms with Gasteiger partial charge in [0.15, 0.2) is 0 Å². The van der Waals surface area contributed by atoms with Crippen molar-refractivity contribution in [1.29, 1.82) is 0 Å². The zero-order chi connectivity index (χ0) is 22.3. The van der Waals surface area contributed by atoms with Crippen molar-refractivity contribution in [2.24, 2.45) is 0 Å². The number of sulfonamides is 1. The van der Waals surface area contributed by atoms with Crippen molar-refractivity contribution in [1.82, 2.24) is 9.97 Å². The van der Waals surface area contributed by atoms with E-state index in [4.69, 9.17) is 14.2 Å². The molecule has 8 nitrogen and oxygen atoms in total. The lowest BCUT2D eigenvalue weighted by molar-refractivity contribution is 0.351. The monoisotopic (exact) mass is 439 g/mol. The number of aromatic nitrogens is 2. The summed E-state index contributed by atoms with van der Waals surface area (Å²) >= 11 is 0. The Balaban J connectivity index is 1.72. The zero-order valence-electron chi connectivity index (χ0n) is 17.2. The van der Waals surface area contributed by atoms with Crippen LogP contribution in [0.1, 0.15) is 11.1 Å². The van der Waals surface area contributed by atoms with E-state index < -0.39 is 10.0 Å². The van der Waals surface area contributed by atoms with Crippen LogP contribution in [0.25, 0.3) is 0 Å². The van der Waals surface area contributed by atoms with Crippen LogP contribution < -0.4 is 18.9 Å². The van der Waals surface area contributed by atoms with Crippen LogP contribution >= 0.6 is 0 Å². The largest absolute Gasteiger partial charge is 0.480 e. The van der Waals surface area contributed by atoms with E-state index in [1.165, 1.54) is 20.4 Å². The highest BCUT2D eigenvalue weighted by Gasteiger charge is 2.16. The zero-order valence-corrected chi connectivity index (χ0v) is 18.1. The third-order valence-electron chi connectivity index (χ3n) is 4.09. The summed E-state index contributed by atoms with van der Waals surface area (Å²) in [7, 11) is -0.824. The Morgan fingerprint density at radius 3 is 2.48 bits per heavy atom. The molecule has 160 valence electrons.